The van der Waals surface area contributed by atoms with Crippen molar-refractivity contribution in [3.8, 4) is 0 Å². The van der Waals surface area contributed by atoms with Crippen LogP contribution in [-0.2, 0) is 19.1 Å². The monoisotopic (exact) mass is 508 g/mol. The van der Waals surface area contributed by atoms with Gasteiger partial charge in [0.2, 0.25) is 10.4 Å². The van der Waals surface area contributed by atoms with Crippen LogP contribution in [0.15, 0.2) is 23.8 Å². The molecule has 0 saturated heterocycles. The Hall–Kier alpha value is -0.750. The lowest BCUT2D eigenvalue weighted by atomic mass is 9.46. The molecule has 4 aliphatic rings. The van der Waals surface area contributed by atoms with Crippen LogP contribution in [0.4, 0.5) is 0 Å². The molecule has 1 N–H and O–H groups in total. The minimum atomic E-state index is -1.78. The van der Waals surface area contributed by atoms with Gasteiger partial charge in [-0.2, -0.15) is 0 Å². The van der Waals surface area contributed by atoms with Gasteiger partial charge in [-0.05, 0) is 56.1 Å². The van der Waals surface area contributed by atoms with Crippen LogP contribution in [0.2, 0.25) is 0 Å². The Balaban J connectivity index is 1.79. The highest BCUT2D eigenvalue weighted by Crippen LogP contribution is 2.71. The summed E-state index contributed by atoms with van der Waals surface area (Å²) in [5.74, 6) is -2.53. The molecule has 3 saturated carbocycles. The second-order valence-corrected chi connectivity index (χ2v) is 11.9. The van der Waals surface area contributed by atoms with Gasteiger partial charge in [-0.25, -0.2) is 9.59 Å². The van der Waals surface area contributed by atoms with Crippen molar-refractivity contribution in [2.75, 3.05) is 0 Å². The third-order valence-corrected chi connectivity index (χ3v) is 10.4. The van der Waals surface area contributed by atoms with Crippen molar-refractivity contribution >= 4 is 64.1 Å². The van der Waals surface area contributed by atoms with E-state index in [-0.39, 0.29) is 30.5 Å². The smallest absolute Gasteiger partial charge is 0.348 e. The van der Waals surface area contributed by atoms with Crippen LogP contribution in [0.5, 0.6) is 0 Å². The first-order valence-electron chi connectivity index (χ1n) is 10.3. The second-order valence-electron chi connectivity index (χ2n) is 9.61. The van der Waals surface area contributed by atoms with E-state index in [9.17, 15) is 19.5 Å². The number of allylic oxidation sites excluding steroid dienone is 4. The fourth-order valence-corrected chi connectivity index (χ4v) is 8.23. The highest BCUT2D eigenvalue weighted by atomic mass is 35.5. The predicted octanol–water partition coefficient (Wildman–Crippen LogP) is 5.04. The number of halogens is 4. The van der Waals surface area contributed by atoms with Gasteiger partial charge in [-0.1, -0.05) is 48.7 Å². The molecule has 0 bridgehead atoms. The first kappa shape index (κ1) is 23.4. The SMILES string of the molecule is C[C@]12C=CC(=O)C=C1CC[C@H]1[C@@H]3CC[C@](OC(=O)C(Cl)Cl)(C(=O)O)[C@@]3(C)C[C@H](Cl)[C@@]12Cl. The number of rotatable bonds is 3. The summed E-state index contributed by atoms with van der Waals surface area (Å²) in [6.45, 7) is 3.83. The molecular weight excluding hydrogens is 486 g/mol. The zero-order chi connectivity index (χ0) is 23.0. The van der Waals surface area contributed by atoms with Gasteiger partial charge in [0.15, 0.2) is 5.78 Å². The van der Waals surface area contributed by atoms with Crippen LogP contribution in [0, 0.1) is 22.7 Å². The number of hydrogen-bond donors (Lipinski definition) is 1. The molecule has 4 rings (SSSR count). The van der Waals surface area contributed by atoms with Crippen molar-refractivity contribution in [3.63, 3.8) is 0 Å². The molecule has 7 atom stereocenters. The third-order valence-electron chi connectivity index (χ3n) is 8.52. The topological polar surface area (TPSA) is 80.7 Å². The van der Waals surface area contributed by atoms with Gasteiger partial charge < -0.3 is 9.84 Å². The summed E-state index contributed by atoms with van der Waals surface area (Å²) in [4.78, 5) is 34.4. The fraction of sp³-hybridized carbons (Fsp3) is 0.682. The number of alkyl halides is 4. The molecule has 170 valence electrons. The van der Waals surface area contributed by atoms with Crippen LogP contribution in [0.1, 0.15) is 46.0 Å². The van der Waals surface area contributed by atoms with Gasteiger partial charge in [0, 0.05) is 10.8 Å². The van der Waals surface area contributed by atoms with E-state index in [0.717, 1.165) is 5.57 Å². The lowest BCUT2D eigenvalue weighted by Gasteiger charge is -2.63. The molecule has 0 heterocycles. The molecule has 0 unspecified atom stereocenters. The molecule has 0 amide bonds. The molecule has 9 heteroatoms. The molecule has 5 nitrogen and oxygen atoms in total. The van der Waals surface area contributed by atoms with Crippen molar-refractivity contribution in [3.05, 3.63) is 23.8 Å². The lowest BCUT2D eigenvalue weighted by molar-refractivity contribution is -0.198. The molecule has 0 spiro atoms. The van der Waals surface area contributed by atoms with E-state index in [1.165, 1.54) is 6.08 Å². The third kappa shape index (κ3) is 2.92. The zero-order valence-corrected chi connectivity index (χ0v) is 20.2. The first-order chi connectivity index (χ1) is 14.3. The molecule has 0 aromatic carbocycles. The number of carbonyl (C=O) groups excluding carboxylic acids is 2. The average Bonchev–Trinajstić information content (AvgIpc) is 2.96. The maximum Gasteiger partial charge on any atom is 0.348 e. The van der Waals surface area contributed by atoms with Crippen molar-refractivity contribution < 1.29 is 24.2 Å². The van der Waals surface area contributed by atoms with Crippen molar-refractivity contribution in [1.82, 2.24) is 0 Å². The first-order valence-corrected chi connectivity index (χ1v) is 12.0. The van der Waals surface area contributed by atoms with E-state index in [1.54, 1.807) is 6.08 Å². The van der Waals surface area contributed by atoms with Gasteiger partial charge in [0.25, 0.3) is 0 Å². The molecule has 4 aliphatic carbocycles. The molecule has 0 aliphatic heterocycles. The summed E-state index contributed by atoms with van der Waals surface area (Å²) in [6, 6.07) is 0. The van der Waals surface area contributed by atoms with E-state index < -0.39 is 43.5 Å². The van der Waals surface area contributed by atoms with E-state index in [0.29, 0.717) is 19.3 Å². The van der Waals surface area contributed by atoms with Gasteiger partial charge in [0.05, 0.1) is 10.3 Å². The summed E-state index contributed by atoms with van der Waals surface area (Å²) in [6.07, 6.45) is 7.28. The number of aliphatic carboxylic acids is 1. The van der Waals surface area contributed by atoms with Crippen molar-refractivity contribution in [1.29, 1.82) is 0 Å². The molecular formula is C22H24Cl4O5. The predicted molar refractivity (Wildman–Crippen MR) is 119 cm³/mol. The van der Waals surface area contributed by atoms with E-state index in [4.69, 9.17) is 51.1 Å². The Bertz CT molecular complexity index is 916. The number of ketones is 1. The highest BCUT2D eigenvalue weighted by molar-refractivity contribution is 6.53. The molecule has 0 aromatic rings. The van der Waals surface area contributed by atoms with Gasteiger partial charge in [0.1, 0.15) is 0 Å². The maximum absolute atomic E-state index is 12.5. The molecule has 0 radical (unpaired) electrons. The maximum atomic E-state index is 12.5. The molecule has 0 aromatic heterocycles. The number of esters is 1. The summed E-state index contributed by atoms with van der Waals surface area (Å²) in [5.41, 5.74) is -2.39. The minimum absolute atomic E-state index is 0.0626. The Morgan fingerprint density at radius 3 is 2.52 bits per heavy atom. The van der Waals surface area contributed by atoms with Crippen LogP contribution in [0.3, 0.4) is 0 Å². The van der Waals surface area contributed by atoms with E-state index in [1.807, 2.05) is 19.9 Å². The van der Waals surface area contributed by atoms with E-state index >= 15 is 0 Å². The van der Waals surface area contributed by atoms with Crippen LogP contribution in [0.25, 0.3) is 0 Å². The summed E-state index contributed by atoms with van der Waals surface area (Å²) in [7, 11) is 0. The molecule has 31 heavy (non-hydrogen) atoms. The summed E-state index contributed by atoms with van der Waals surface area (Å²) < 4.78 is 5.53. The van der Waals surface area contributed by atoms with Crippen LogP contribution < -0.4 is 0 Å². The van der Waals surface area contributed by atoms with Gasteiger partial charge in [-0.15, -0.1) is 23.2 Å². The minimum Gasteiger partial charge on any atom is -0.478 e. The zero-order valence-electron chi connectivity index (χ0n) is 17.2. The number of hydrogen-bond acceptors (Lipinski definition) is 4. The van der Waals surface area contributed by atoms with E-state index in [2.05, 4.69) is 0 Å². The second kappa shape index (κ2) is 7.38. The number of fused-ring (bicyclic) bond motifs is 5. The summed E-state index contributed by atoms with van der Waals surface area (Å²) in [5, 5.41) is 9.59. The van der Waals surface area contributed by atoms with Crippen LogP contribution in [-0.4, -0.2) is 43.5 Å². The van der Waals surface area contributed by atoms with Crippen molar-refractivity contribution in [2.24, 2.45) is 22.7 Å². The lowest BCUT2D eigenvalue weighted by Crippen LogP contribution is -2.67. The Kier molecular flexibility index (Phi) is 5.57. The highest BCUT2D eigenvalue weighted by Gasteiger charge is 2.75. The number of carboxylic acids is 1. The van der Waals surface area contributed by atoms with Crippen molar-refractivity contribution in [2.45, 2.75) is 66.6 Å². The number of carbonyl (C=O) groups is 3. The quantitative estimate of drug-likeness (QED) is 0.425. The normalized spacial score (nSPS) is 46.1. The van der Waals surface area contributed by atoms with Gasteiger partial charge in [-0.3, -0.25) is 4.79 Å². The Morgan fingerprint density at radius 1 is 1.23 bits per heavy atom. The fourth-order valence-electron chi connectivity index (χ4n) is 6.91. The van der Waals surface area contributed by atoms with Crippen LogP contribution >= 0.6 is 46.4 Å². The standard InChI is InChI=1S/C22H24Cl4O5/c1-19-7-5-12(27)9-11(19)3-4-14-13-6-8-21(18(29)30,31-17(28)16(24)25)20(13,2)10-15(23)22(14,19)26/h5,7,9,13-16H,3-4,6,8,10H2,1-2H3,(H,29,30)/t13-,14-,15-,19-,20-,21-,22-/m0/s1. The number of carboxylic acid groups (broad SMARTS) is 1. The number of ether oxygens (including phenoxy) is 1. The Morgan fingerprint density at radius 2 is 1.90 bits per heavy atom. The summed E-state index contributed by atoms with van der Waals surface area (Å²) >= 11 is 25.8. The largest absolute Gasteiger partial charge is 0.478 e. The average molecular weight is 510 g/mol. The van der Waals surface area contributed by atoms with Gasteiger partial charge >= 0.3 is 11.9 Å². The Labute approximate surface area is 201 Å². The molecule has 3 fully saturated rings.